The SMILES string of the molecule is C[C@]1(C(=O)Nc2nccs2)Cc2ccc(C#N)cc2[C@H]1c1ccc(-c2ccccc2)cc1. The van der Waals surface area contributed by atoms with Crippen molar-refractivity contribution < 1.29 is 4.79 Å². The molecule has 1 aliphatic rings. The first-order chi connectivity index (χ1) is 15.6. The molecule has 4 aromatic rings. The van der Waals surface area contributed by atoms with Crippen molar-refractivity contribution in [2.75, 3.05) is 5.32 Å². The summed E-state index contributed by atoms with van der Waals surface area (Å²) in [6, 6.07) is 26.7. The third-order valence-electron chi connectivity index (χ3n) is 6.30. The third-order valence-corrected chi connectivity index (χ3v) is 6.99. The first-order valence-electron chi connectivity index (χ1n) is 10.5. The molecule has 0 aliphatic heterocycles. The lowest BCUT2D eigenvalue weighted by Gasteiger charge is -2.31. The Kier molecular flexibility index (Phi) is 5.08. The molecule has 5 rings (SSSR count). The maximum absolute atomic E-state index is 13.5. The first-order valence-corrected chi connectivity index (χ1v) is 11.4. The summed E-state index contributed by atoms with van der Waals surface area (Å²) in [5.74, 6) is -0.213. The molecule has 3 aromatic carbocycles. The molecule has 156 valence electrons. The minimum Gasteiger partial charge on any atom is -0.301 e. The fourth-order valence-electron chi connectivity index (χ4n) is 4.72. The van der Waals surface area contributed by atoms with E-state index in [1.54, 1.807) is 6.20 Å². The summed E-state index contributed by atoms with van der Waals surface area (Å²) in [5, 5.41) is 14.9. The quantitative estimate of drug-likeness (QED) is 0.427. The number of aromatic nitrogens is 1. The number of carbonyl (C=O) groups is 1. The standard InChI is InChI=1S/C27H21N3OS/c1-27(25(31)30-26-29-13-14-32-26)16-22-8-7-18(17-28)15-23(22)24(27)21-11-9-20(10-12-21)19-5-3-2-4-6-19/h2-15,24H,16H2,1H3,(H,29,30,31)/t24-,27+/m1/s1. The van der Waals surface area contributed by atoms with Crippen molar-refractivity contribution >= 4 is 22.4 Å². The number of anilines is 1. The van der Waals surface area contributed by atoms with Gasteiger partial charge in [-0.15, -0.1) is 11.3 Å². The lowest BCUT2D eigenvalue weighted by atomic mass is 9.73. The van der Waals surface area contributed by atoms with E-state index in [0.29, 0.717) is 17.1 Å². The Balaban J connectivity index is 1.57. The monoisotopic (exact) mass is 435 g/mol. The van der Waals surface area contributed by atoms with Crippen LogP contribution in [0, 0.1) is 16.7 Å². The minimum absolute atomic E-state index is 0.0562. The molecule has 0 spiro atoms. The summed E-state index contributed by atoms with van der Waals surface area (Å²) < 4.78 is 0. The Labute approximate surface area is 191 Å². The highest BCUT2D eigenvalue weighted by atomic mass is 32.1. The van der Waals surface area contributed by atoms with Crippen LogP contribution in [-0.4, -0.2) is 10.9 Å². The number of nitrogens with zero attached hydrogens (tertiary/aromatic N) is 2. The molecule has 0 radical (unpaired) electrons. The third kappa shape index (κ3) is 3.49. The highest BCUT2D eigenvalue weighted by Crippen LogP contribution is 2.51. The van der Waals surface area contributed by atoms with E-state index >= 15 is 0 Å². The van der Waals surface area contributed by atoms with Crippen molar-refractivity contribution in [2.45, 2.75) is 19.3 Å². The largest absolute Gasteiger partial charge is 0.301 e. The molecule has 1 aliphatic carbocycles. The van der Waals surface area contributed by atoms with Crippen LogP contribution in [0.2, 0.25) is 0 Å². The van der Waals surface area contributed by atoms with Crippen LogP contribution in [0.4, 0.5) is 5.13 Å². The van der Waals surface area contributed by atoms with E-state index in [-0.39, 0.29) is 11.8 Å². The van der Waals surface area contributed by atoms with Gasteiger partial charge in [-0.05, 0) is 53.3 Å². The smallest absolute Gasteiger partial charge is 0.233 e. The zero-order valence-corrected chi connectivity index (χ0v) is 18.4. The normalized spacial score (nSPS) is 19.2. The molecule has 0 bridgehead atoms. The van der Waals surface area contributed by atoms with Crippen LogP contribution in [0.25, 0.3) is 11.1 Å². The van der Waals surface area contributed by atoms with Crippen LogP contribution in [0.5, 0.6) is 0 Å². The number of benzene rings is 3. The molecule has 4 nitrogen and oxygen atoms in total. The summed E-state index contributed by atoms with van der Waals surface area (Å²) in [6.45, 7) is 2.01. The fourth-order valence-corrected chi connectivity index (χ4v) is 5.24. The fraction of sp³-hybridized carbons (Fsp3) is 0.148. The number of fused-ring (bicyclic) bond motifs is 1. The van der Waals surface area contributed by atoms with Crippen molar-refractivity contribution in [3.8, 4) is 17.2 Å². The Bertz CT molecular complexity index is 1310. The van der Waals surface area contributed by atoms with Crippen molar-refractivity contribution in [2.24, 2.45) is 5.41 Å². The molecule has 0 saturated heterocycles. The second-order valence-corrected chi connectivity index (χ2v) is 9.23. The van der Waals surface area contributed by atoms with Gasteiger partial charge in [-0.1, -0.05) is 60.7 Å². The first kappa shape index (κ1) is 20.2. The summed E-state index contributed by atoms with van der Waals surface area (Å²) in [7, 11) is 0. The van der Waals surface area contributed by atoms with Crippen LogP contribution in [0.1, 0.15) is 35.1 Å². The van der Waals surface area contributed by atoms with Gasteiger partial charge in [-0.3, -0.25) is 4.79 Å². The maximum Gasteiger partial charge on any atom is 0.233 e. The summed E-state index contributed by atoms with van der Waals surface area (Å²) >= 11 is 1.41. The predicted octanol–water partition coefficient (Wildman–Crippen LogP) is 6.01. The van der Waals surface area contributed by atoms with Crippen molar-refractivity contribution in [3.63, 3.8) is 0 Å². The van der Waals surface area contributed by atoms with Gasteiger partial charge in [-0.2, -0.15) is 5.26 Å². The number of rotatable bonds is 4. The summed E-state index contributed by atoms with van der Waals surface area (Å²) in [4.78, 5) is 17.7. The lowest BCUT2D eigenvalue weighted by molar-refractivity contribution is -0.125. The number of carbonyl (C=O) groups excluding carboxylic acids is 1. The van der Waals surface area contributed by atoms with E-state index in [1.807, 2.05) is 48.7 Å². The number of hydrogen-bond acceptors (Lipinski definition) is 4. The number of nitriles is 1. The molecular formula is C27H21N3OS. The van der Waals surface area contributed by atoms with Crippen LogP contribution >= 0.6 is 11.3 Å². The van der Waals surface area contributed by atoms with E-state index in [4.69, 9.17) is 0 Å². The average Bonchev–Trinajstić information content (AvgIpc) is 3.45. The Morgan fingerprint density at radius 2 is 1.84 bits per heavy atom. The van der Waals surface area contributed by atoms with E-state index < -0.39 is 5.41 Å². The van der Waals surface area contributed by atoms with Gasteiger partial charge in [0.25, 0.3) is 0 Å². The van der Waals surface area contributed by atoms with Gasteiger partial charge in [-0.25, -0.2) is 4.98 Å². The number of thiazole rings is 1. The van der Waals surface area contributed by atoms with Gasteiger partial charge in [0.2, 0.25) is 5.91 Å². The topological polar surface area (TPSA) is 65.8 Å². The van der Waals surface area contributed by atoms with Crippen molar-refractivity contribution in [1.29, 1.82) is 5.26 Å². The average molecular weight is 436 g/mol. The molecule has 2 atom stereocenters. The maximum atomic E-state index is 13.5. The molecule has 1 heterocycles. The Hall–Kier alpha value is -3.75. The van der Waals surface area contributed by atoms with Crippen LogP contribution < -0.4 is 5.32 Å². The van der Waals surface area contributed by atoms with E-state index in [1.165, 1.54) is 11.3 Å². The van der Waals surface area contributed by atoms with E-state index in [0.717, 1.165) is 27.8 Å². The highest BCUT2D eigenvalue weighted by molar-refractivity contribution is 7.13. The zero-order valence-electron chi connectivity index (χ0n) is 17.6. The van der Waals surface area contributed by atoms with E-state index in [2.05, 4.69) is 52.8 Å². The molecule has 0 fully saturated rings. The Morgan fingerprint density at radius 1 is 1.09 bits per heavy atom. The molecule has 5 heteroatoms. The van der Waals surface area contributed by atoms with Crippen LogP contribution in [-0.2, 0) is 11.2 Å². The lowest BCUT2D eigenvalue weighted by Crippen LogP contribution is -2.37. The van der Waals surface area contributed by atoms with Gasteiger partial charge < -0.3 is 5.32 Å². The second-order valence-electron chi connectivity index (χ2n) is 8.33. The number of nitrogens with one attached hydrogen (secondary N) is 1. The summed E-state index contributed by atoms with van der Waals surface area (Å²) in [5.41, 5.74) is 5.42. The zero-order chi connectivity index (χ0) is 22.1. The molecular weight excluding hydrogens is 414 g/mol. The van der Waals surface area contributed by atoms with Crippen molar-refractivity contribution in [1.82, 2.24) is 4.98 Å². The number of amides is 1. The van der Waals surface area contributed by atoms with Gasteiger partial charge in [0.05, 0.1) is 17.0 Å². The van der Waals surface area contributed by atoms with Gasteiger partial charge in [0.15, 0.2) is 5.13 Å². The molecule has 0 unspecified atom stereocenters. The van der Waals surface area contributed by atoms with Crippen LogP contribution in [0.3, 0.4) is 0 Å². The van der Waals surface area contributed by atoms with Gasteiger partial charge >= 0.3 is 0 Å². The van der Waals surface area contributed by atoms with Crippen LogP contribution in [0.15, 0.2) is 84.4 Å². The number of hydrogen-bond donors (Lipinski definition) is 1. The predicted molar refractivity (Wildman–Crippen MR) is 127 cm³/mol. The molecule has 0 saturated carbocycles. The highest BCUT2D eigenvalue weighted by Gasteiger charge is 2.49. The Morgan fingerprint density at radius 3 is 2.53 bits per heavy atom. The molecule has 32 heavy (non-hydrogen) atoms. The van der Waals surface area contributed by atoms with Crippen molar-refractivity contribution in [3.05, 3.63) is 107 Å². The second kappa shape index (κ2) is 8.07. The minimum atomic E-state index is -0.698. The van der Waals surface area contributed by atoms with Gasteiger partial charge in [0, 0.05) is 17.5 Å². The van der Waals surface area contributed by atoms with E-state index in [9.17, 15) is 10.1 Å². The molecule has 1 N–H and O–H groups in total. The summed E-state index contributed by atoms with van der Waals surface area (Å²) in [6.07, 6.45) is 2.29. The van der Waals surface area contributed by atoms with Gasteiger partial charge in [0.1, 0.15) is 0 Å². The molecule has 1 aromatic heterocycles. The molecule has 1 amide bonds.